The first-order valence-corrected chi connectivity index (χ1v) is 7.07. The fourth-order valence-corrected chi connectivity index (χ4v) is 1.37. The Labute approximate surface area is 112 Å². The van der Waals surface area contributed by atoms with E-state index in [0.29, 0.717) is 0 Å². The van der Waals surface area contributed by atoms with Gasteiger partial charge in [-0.25, -0.2) is 0 Å². The van der Waals surface area contributed by atoms with Crippen LogP contribution in [0.15, 0.2) is 30.3 Å². The molecule has 0 spiro atoms. The SMILES string of the molecule is CCCCOCCCC.OCCc1ccccc1. The van der Waals surface area contributed by atoms with Crippen molar-refractivity contribution in [3.63, 3.8) is 0 Å². The van der Waals surface area contributed by atoms with Crippen LogP contribution in [0.4, 0.5) is 0 Å². The third kappa shape index (κ3) is 11.6. The molecule has 0 aromatic heterocycles. The van der Waals surface area contributed by atoms with E-state index in [1.54, 1.807) is 0 Å². The smallest absolute Gasteiger partial charge is 0.0471 e. The van der Waals surface area contributed by atoms with Gasteiger partial charge in [0.15, 0.2) is 0 Å². The van der Waals surface area contributed by atoms with Gasteiger partial charge < -0.3 is 9.84 Å². The van der Waals surface area contributed by atoms with Gasteiger partial charge in [0.25, 0.3) is 0 Å². The molecule has 0 radical (unpaired) electrons. The van der Waals surface area contributed by atoms with E-state index in [2.05, 4.69) is 13.8 Å². The Morgan fingerprint density at radius 1 is 0.944 bits per heavy atom. The van der Waals surface area contributed by atoms with E-state index in [1.807, 2.05) is 30.3 Å². The lowest BCUT2D eigenvalue weighted by Crippen LogP contribution is -1.95. The summed E-state index contributed by atoms with van der Waals surface area (Å²) < 4.78 is 5.31. The Bertz CT molecular complexity index is 241. The normalized spacial score (nSPS) is 9.72. The first-order chi connectivity index (χ1) is 8.85. The van der Waals surface area contributed by atoms with Crippen LogP contribution < -0.4 is 0 Å². The molecule has 104 valence electrons. The zero-order valence-corrected chi connectivity index (χ0v) is 11.9. The highest BCUT2D eigenvalue weighted by molar-refractivity contribution is 5.14. The molecule has 0 fully saturated rings. The highest BCUT2D eigenvalue weighted by Crippen LogP contribution is 1.97. The van der Waals surface area contributed by atoms with Gasteiger partial charge >= 0.3 is 0 Å². The predicted molar refractivity (Wildman–Crippen MR) is 77.9 cm³/mol. The first-order valence-electron chi connectivity index (χ1n) is 7.07. The van der Waals surface area contributed by atoms with Gasteiger partial charge in [0.2, 0.25) is 0 Å². The van der Waals surface area contributed by atoms with Crippen LogP contribution in [0.1, 0.15) is 45.1 Å². The summed E-state index contributed by atoms with van der Waals surface area (Å²) in [6.45, 7) is 6.52. The van der Waals surface area contributed by atoms with Crippen LogP contribution in [0.2, 0.25) is 0 Å². The molecule has 1 aromatic rings. The second-order valence-electron chi connectivity index (χ2n) is 4.28. The van der Waals surface area contributed by atoms with Crippen molar-refractivity contribution in [1.82, 2.24) is 0 Å². The summed E-state index contributed by atoms with van der Waals surface area (Å²) in [5.41, 5.74) is 1.19. The molecule has 2 heteroatoms. The minimum absolute atomic E-state index is 0.240. The third-order valence-corrected chi connectivity index (χ3v) is 2.53. The number of hydrogen-bond acceptors (Lipinski definition) is 2. The van der Waals surface area contributed by atoms with E-state index in [-0.39, 0.29) is 6.61 Å². The molecule has 1 rings (SSSR count). The van der Waals surface area contributed by atoms with E-state index in [0.717, 1.165) is 19.6 Å². The Kier molecular flexibility index (Phi) is 13.5. The van der Waals surface area contributed by atoms with Crippen LogP contribution in [-0.4, -0.2) is 24.9 Å². The van der Waals surface area contributed by atoms with E-state index in [9.17, 15) is 0 Å². The molecule has 0 bridgehead atoms. The van der Waals surface area contributed by atoms with Crippen LogP contribution in [0.25, 0.3) is 0 Å². The quantitative estimate of drug-likeness (QED) is 0.713. The average molecular weight is 252 g/mol. The Hall–Kier alpha value is -0.860. The number of aliphatic hydroxyl groups is 1. The van der Waals surface area contributed by atoms with Crippen molar-refractivity contribution < 1.29 is 9.84 Å². The predicted octanol–water partition coefficient (Wildman–Crippen LogP) is 3.82. The van der Waals surface area contributed by atoms with Crippen molar-refractivity contribution in [3.05, 3.63) is 35.9 Å². The molecular formula is C16H28O2. The zero-order valence-electron chi connectivity index (χ0n) is 11.9. The number of hydrogen-bond donors (Lipinski definition) is 1. The molecule has 0 saturated carbocycles. The van der Waals surface area contributed by atoms with Crippen LogP contribution in [0.5, 0.6) is 0 Å². The number of aliphatic hydroxyl groups excluding tert-OH is 1. The maximum Gasteiger partial charge on any atom is 0.0471 e. The Balaban J connectivity index is 0.000000321. The molecule has 1 aromatic carbocycles. The lowest BCUT2D eigenvalue weighted by atomic mass is 10.2. The summed E-state index contributed by atoms with van der Waals surface area (Å²) in [4.78, 5) is 0. The summed E-state index contributed by atoms with van der Waals surface area (Å²) in [6.07, 6.45) is 5.67. The van der Waals surface area contributed by atoms with Crippen molar-refractivity contribution in [2.45, 2.75) is 46.0 Å². The van der Waals surface area contributed by atoms with Crippen LogP contribution in [-0.2, 0) is 11.2 Å². The van der Waals surface area contributed by atoms with Gasteiger partial charge in [0, 0.05) is 19.8 Å². The van der Waals surface area contributed by atoms with E-state index in [1.165, 1.54) is 31.2 Å². The van der Waals surface area contributed by atoms with Crippen molar-refractivity contribution in [2.24, 2.45) is 0 Å². The second kappa shape index (κ2) is 14.2. The van der Waals surface area contributed by atoms with Gasteiger partial charge in [0.05, 0.1) is 0 Å². The molecule has 2 nitrogen and oxygen atoms in total. The maximum absolute atomic E-state index is 8.52. The largest absolute Gasteiger partial charge is 0.396 e. The van der Waals surface area contributed by atoms with Gasteiger partial charge in [-0.05, 0) is 24.8 Å². The zero-order chi connectivity index (χ0) is 13.5. The molecule has 0 atom stereocenters. The molecular weight excluding hydrogens is 224 g/mol. The minimum Gasteiger partial charge on any atom is -0.396 e. The molecule has 0 amide bonds. The number of unbranched alkanes of at least 4 members (excludes halogenated alkanes) is 2. The molecule has 0 aliphatic heterocycles. The fraction of sp³-hybridized carbons (Fsp3) is 0.625. The van der Waals surface area contributed by atoms with Gasteiger partial charge in [0.1, 0.15) is 0 Å². The highest BCUT2D eigenvalue weighted by Gasteiger charge is 1.85. The standard InChI is InChI=1S/C8H10O.C8H18O/c9-7-6-8-4-2-1-3-5-8;1-3-5-7-9-8-6-4-2/h1-5,9H,6-7H2;3-8H2,1-2H3. The van der Waals surface area contributed by atoms with Gasteiger partial charge in [-0.2, -0.15) is 0 Å². The monoisotopic (exact) mass is 252 g/mol. The van der Waals surface area contributed by atoms with Gasteiger partial charge in [-0.1, -0.05) is 57.0 Å². The molecule has 0 unspecified atom stereocenters. The number of benzene rings is 1. The molecule has 18 heavy (non-hydrogen) atoms. The highest BCUT2D eigenvalue weighted by atomic mass is 16.5. The maximum atomic E-state index is 8.52. The summed E-state index contributed by atoms with van der Waals surface area (Å²) in [7, 11) is 0. The lowest BCUT2D eigenvalue weighted by Gasteiger charge is -1.99. The second-order valence-corrected chi connectivity index (χ2v) is 4.28. The van der Waals surface area contributed by atoms with Crippen molar-refractivity contribution in [1.29, 1.82) is 0 Å². The average Bonchev–Trinajstić information content (AvgIpc) is 2.41. The van der Waals surface area contributed by atoms with Crippen molar-refractivity contribution in [3.8, 4) is 0 Å². The van der Waals surface area contributed by atoms with Crippen LogP contribution >= 0.6 is 0 Å². The molecule has 0 heterocycles. The molecule has 1 N–H and O–H groups in total. The number of ether oxygens (including phenoxy) is 1. The molecule has 0 aliphatic carbocycles. The summed E-state index contributed by atoms with van der Waals surface area (Å²) in [5.74, 6) is 0. The summed E-state index contributed by atoms with van der Waals surface area (Å²) >= 11 is 0. The van der Waals surface area contributed by atoms with E-state index >= 15 is 0 Å². The van der Waals surface area contributed by atoms with Crippen molar-refractivity contribution in [2.75, 3.05) is 19.8 Å². The minimum atomic E-state index is 0.240. The van der Waals surface area contributed by atoms with E-state index < -0.39 is 0 Å². The van der Waals surface area contributed by atoms with Crippen LogP contribution in [0.3, 0.4) is 0 Å². The Morgan fingerprint density at radius 3 is 1.94 bits per heavy atom. The number of rotatable bonds is 8. The topological polar surface area (TPSA) is 29.5 Å². The van der Waals surface area contributed by atoms with E-state index in [4.69, 9.17) is 9.84 Å². The van der Waals surface area contributed by atoms with Gasteiger partial charge in [-0.15, -0.1) is 0 Å². The third-order valence-electron chi connectivity index (χ3n) is 2.53. The van der Waals surface area contributed by atoms with Crippen molar-refractivity contribution >= 4 is 0 Å². The van der Waals surface area contributed by atoms with Crippen LogP contribution in [0, 0.1) is 0 Å². The lowest BCUT2D eigenvalue weighted by molar-refractivity contribution is 0.128. The first kappa shape index (κ1) is 17.1. The molecule has 0 saturated heterocycles. The summed E-state index contributed by atoms with van der Waals surface area (Å²) in [5, 5.41) is 8.52. The Morgan fingerprint density at radius 2 is 1.50 bits per heavy atom. The fourth-order valence-electron chi connectivity index (χ4n) is 1.37. The summed E-state index contributed by atoms with van der Waals surface area (Å²) in [6, 6.07) is 9.95. The van der Waals surface area contributed by atoms with Gasteiger partial charge in [-0.3, -0.25) is 0 Å². The molecule has 0 aliphatic rings.